The first-order valence-electron chi connectivity index (χ1n) is 10.1. The maximum absolute atomic E-state index is 11.0. The van der Waals surface area contributed by atoms with Gasteiger partial charge in [0.25, 0.3) is 0 Å². The van der Waals surface area contributed by atoms with Crippen LogP contribution in [0.3, 0.4) is 0 Å². The molecule has 1 aliphatic rings. The van der Waals surface area contributed by atoms with Gasteiger partial charge in [0.1, 0.15) is 4.88 Å². The Morgan fingerprint density at radius 1 is 1.19 bits per heavy atom. The van der Waals surface area contributed by atoms with E-state index in [0.29, 0.717) is 0 Å². The van der Waals surface area contributed by atoms with Crippen molar-refractivity contribution in [3.8, 4) is 5.88 Å². The molecule has 3 aromatic rings. The van der Waals surface area contributed by atoms with Crippen molar-refractivity contribution >= 4 is 16.3 Å². The number of aromatic nitrogens is 3. The number of fused-ring (bicyclic) bond motifs is 1. The molecule has 1 saturated heterocycles. The number of nitrogens with one attached hydrogen (secondary N) is 1. The van der Waals surface area contributed by atoms with Crippen LogP contribution in [0.5, 0.6) is 5.88 Å². The monoisotopic (exact) mass is 385 g/mol. The number of quaternary nitrogens is 1. The van der Waals surface area contributed by atoms with E-state index in [1.165, 1.54) is 28.9 Å². The summed E-state index contributed by atoms with van der Waals surface area (Å²) in [5.74, 6) is 1.84. The molecule has 0 saturated carbocycles. The fraction of sp³-hybridized carbons (Fsp3) is 0.524. The molecule has 3 heterocycles. The summed E-state index contributed by atoms with van der Waals surface area (Å²) >= 11 is 1.59. The Morgan fingerprint density at radius 3 is 2.48 bits per heavy atom. The zero-order valence-corrected chi connectivity index (χ0v) is 17.2. The van der Waals surface area contributed by atoms with E-state index in [0.717, 1.165) is 47.5 Å². The van der Waals surface area contributed by atoms with Crippen molar-refractivity contribution in [3.63, 3.8) is 0 Å². The number of hydrogen-bond donors (Lipinski definition) is 2. The molecule has 0 unspecified atom stereocenters. The summed E-state index contributed by atoms with van der Waals surface area (Å²) in [5.41, 5.74) is 2.62. The van der Waals surface area contributed by atoms with E-state index in [1.54, 1.807) is 15.9 Å². The molecule has 144 valence electrons. The summed E-state index contributed by atoms with van der Waals surface area (Å²) < 4.78 is 1.62. The third kappa shape index (κ3) is 3.48. The van der Waals surface area contributed by atoms with Gasteiger partial charge in [-0.3, -0.25) is 0 Å². The highest BCUT2D eigenvalue weighted by Crippen LogP contribution is 2.35. The van der Waals surface area contributed by atoms with Gasteiger partial charge >= 0.3 is 0 Å². The van der Waals surface area contributed by atoms with Crippen LogP contribution in [0, 0.1) is 5.92 Å². The number of rotatable bonds is 5. The van der Waals surface area contributed by atoms with Crippen LogP contribution >= 0.6 is 11.3 Å². The molecule has 0 radical (unpaired) electrons. The highest BCUT2D eigenvalue weighted by atomic mass is 32.1. The topological polar surface area (TPSA) is 54.9 Å². The van der Waals surface area contributed by atoms with Gasteiger partial charge in [0.15, 0.2) is 11.9 Å². The van der Waals surface area contributed by atoms with Crippen molar-refractivity contribution in [1.29, 1.82) is 0 Å². The quantitative estimate of drug-likeness (QED) is 0.710. The van der Waals surface area contributed by atoms with Gasteiger partial charge in [0.05, 0.1) is 13.1 Å². The molecular formula is C21H29N4OS+. The van der Waals surface area contributed by atoms with E-state index >= 15 is 0 Å². The van der Waals surface area contributed by atoms with E-state index in [9.17, 15) is 5.11 Å². The number of piperidine rings is 1. The number of thiazole rings is 1. The first kappa shape index (κ1) is 18.4. The van der Waals surface area contributed by atoms with E-state index in [1.807, 2.05) is 6.92 Å². The van der Waals surface area contributed by atoms with Gasteiger partial charge in [-0.25, -0.2) is 4.98 Å². The molecule has 1 fully saturated rings. The van der Waals surface area contributed by atoms with Crippen LogP contribution in [-0.4, -0.2) is 32.8 Å². The average Bonchev–Trinajstić information content (AvgIpc) is 3.23. The lowest BCUT2D eigenvalue weighted by atomic mass is 9.94. The fourth-order valence-electron chi connectivity index (χ4n) is 4.07. The molecule has 0 spiro atoms. The second-order valence-corrected chi connectivity index (χ2v) is 8.74. The smallest absolute Gasteiger partial charge is 0.235 e. The summed E-state index contributed by atoms with van der Waals surface area (Å²) in [6, 6.07) is 9.06. The number of hydrogen-bond acceptors (Lipinski definition) is 4. The molecular weight excluding hydrogens is 356 g/mol. The van der Waals surface area contributed by atoms with Crippen molar-refractivity contribution in [2.24, 2.45) is 5.92 Å². The molecule has 27 heavy (non-hydrogen) atoms. The zero-order valence-electron chi connectivity index (χ0n) is 16.4. The maximum Gasteiger partial charge on any atom is 0.235 e. The fourth-order valence-corrected chi connectivity index (χ4v) is 5.23. The van der Waals surface area contributed by atoms with E-state index < -0.39 is 0 Å². The van der Waals surface area contributed by atoms with Crippen LogP contribution in [0.4, 0.5) is 0 Å². The highest BCUT2D eigenvalue weighted by molar-refractivity contribution is 7.17. The Morgan fingerprint density at radius 2 is 1.89 bits per heavy atom. The van der Waals surface area contributed by atoms with E-state index in [-0.39, 0.29) is 11.9 Å². The number of nitrogens with zero attached hydrogens (tertiary/aromatic N) is 3. The van der Waals surface area contributed by atoms with Crippen molar-refractivity contribution in [1.82, 2.24) is 14.6 Å². The molecule has 2 N–H and O–H groups in total. The molecule has 1 aromatic carbocycles. The summed E-state index contributed by atoms with van der Waals surface area (Å²) in [5, 5.41) is 15.4. The first-order chi connectivity index (χ1) is 13.1. The zero-order chi connectivity index (χ0) is 19.0. The standard InChI is InChI=1S/C21H28N4OS/c1-4-15-6-8-16(9-7-15)18(24-12-10-14(3)11-13-24)19-20(26)25-21(27-19)22-17(5-2)23-25/h6-9,14,18,26H,4-5,10-13H2,1-3H3/p+1/t18-/m1/s1. The summed E-state index contributed by atoms with van der Waals surface area (Å²) in [4.78, 5) is 7.89. The van der Waals surface area contributed by atoms with Gasteiger partial charge < -0.3 is 10.0 Å². The molecule has 0 aliphatic carbocycles. The number of likely N-dealkylation sites (tertiary alicyclic amines) is 1. The van der Waals surface area contributed by atoms with E-state index in [4.69, 9.17) is 0 Å². The van der Waals surface area contributed by atoms with Gasteiger partial charge in [0, 0.05) is 12.0 Å². The predicted octanol–water partition coefficient (Wildman–Crippen LogP) is 3.03. The number of aromatic hydroxyl groups is 1. The minimum Gasteiger partial charge on any atom is -0.492 e. The lowest BCUT2D eigenvalue weighted by Crippen LogP contribution is -3.13. The maximum atomic E-state index is 11.0. The van der Waals surface area contributed by atoms with Crippen LogP contribution in [0.25, 0.3) is 4.96 Å². The molecule has 0 bridgehead atoms. The molecule has 1 aliphatic heterocycles. The van der Waals surface area contributed by atoms with Crippen molar-refractivity contribution < 1.29 is 10.0 Å². The Kier molecular flexibility index (Phi) is 5.19. The molecule has 6 heteroatoms. The molecule has 1 atom stereocenters. The molecule has 2 aromatic heterocycles. The van der Waals surface area contributed by atoms with Gasteiger partial charge in [-0.15, -0.1) is 5.10 Å². The highest BCUT2D eigenvalue weighted by Gasteiger charge is 2.34. The minimum atomic E-state index is 0.141. The van der Waals surface area contributed by atoms with Crippen LogP contribution in [-0.2, 0) is 12.8 Å². The van der Waals surface area contributed by atoms with E-state index in [2.05, 4.69) is 48.2 Å². The van der Waals surface area contributed by atoms with Gasteiger partial charge in [-0.2, -0.15) is 4.52 Å². The van der Waals surface area contributed by atoms with Gasteiger partial charge in [-0.05, 0) is 30.7 Å². The average molecular weight is 386 g/mol. The van der Waals surface area contributed by atoms with Crippen LogP contribution in [0.15, 0.2) is 24.3 Å². The van der Waals surface area contributed by atoms with Gasteiger partial charge in [-0.1, -0.05) is 56.4 Å². The number of benzene rings is 1. The second kappa shape index (κ2) is 7.60. The van der Waals surface area contributed by atoms with Crippen molar-refractivity contribution in [3.05, 3.63) is 46.1 Å². The second-order valence-electron chi connectivity index (χ2n) is 7.73. The van der Waals surface area contributed by atoms with Crippen molar-refractivity contribution in [2.45, 2.75) is 52.5 Å². The lowest BCUT2D eigenvalue weighted by Gasteiger charge is -2.33. The summed E-state index contributed by atoms with van der Waals surface area (Å²) in [6.45, 7) is 8.83. The normalized spacial score (nSPS) is 21.6. The predicted molar refractivity (Wildman–Crippen MR) is 109 cm³/mol. The SMILES string of the molecule is CCc1ccc([C@H](c2sc3nc(CC)nn3c2O)[NH+]2CCC(C)CC2)cc1. The third-order valence-corrected chi connectivity index (χ3v) is 6.95. The largest absolute Gasteiger partial charge is 0.492 e. The Hall–Kier alpha value is -1.92. The molecule has 4 rings (SSSR count). The van der Waals surface area contributed by atoms with Crippen LogP contribution in [0.1, 0.15) is 61.5 Å². The molecule has 0 amide bonds. The Balaban J connectivity index is 1.77. The minimum absolute atomic E-state index is 0.141. The van der Waals surface area contributed by atoms with Crippen LogP contribution in [0.2, 0.25) is 0 Å². The number of aryl methyl sites for hydroxylation is 2. The Labute approximate surface area is 164 Å². The first-order valence-corrected chi connectivity index (χ1v) is 10.9. The summed E-state index contributed by atoms with van der Waals surface area (Å²) in [7, 11) is 0. The van der Waals surface area contributed by atoms with Crippen molar-refractivity contribution in [2.75, 3.05) is 13.1 Å². The molecule has 5 nitrogen and oxygen atoms in total. The summed E-state index contributed by atoms with van der Waals surface area (Å²) in [6.07, 6.45) is 4.29. The Bertz CT molecular complexity index is 906. The third-order valence-electron chi connectivity index (χ3n) is 5.87. The lowest BCUT2D eigenvalue weighted by molar-refractivity contribution is -0.931. The van der Waals surface area contributed by atoms with Crippen LogP contribution < -0.4 is 4.90 Å². The van der Waals surface area contributed by atoms with Gasteiger partial charge in [0.2, 0.25) is 10.8 Å².